The van der Waals surface area contributed by atoms with Gasteiger partial charge in [0.1, 0.15) is 11.5 Å². The van der Waals surface area contributed by atoms with Crippen LogP contribution in [-0.2, 0) is 13.2 Å². The largest absolute Gasteiger partial charge is 0.497 e. The average molecular weight is 409 g/mol. The van der Waals surface area contributed by atoms with Crippen molar-refractivity contribution in [1.82, 2.24) is 19.1 Å². The van der Waals surface area contributed by atoms with Crippen molar-refractivity contribution in [3.63, 3.8) is 0 Å². The Morgan fingerprint density at radius 1 is 1.03 bits per heavy atom. The zero-order chi connectivity index (χ0) is 20.5. The molecule has 0 unspecified atom stereocenters. The second-order valence-corrected chi connectivity index (χ2v) is 7.56. The van der Waals surface area contributed by atoms with Crippen LogP contribution in [0.25, 0.3) is 16.6 Å². The molecule has 7 heteroatoms. The summed E-state index contributed by atoms with van der Waals surface area (Å²) >= 11 is 5.78. The predicted molar refractivity (Wildman–Crippen MR) is 117 cm³/mol. The fourth-order valence-electron chi connectivity index (χ4n) is 3.63. The van der Waals surface area contributed by atoms with E-state index in [4.69, 9.17) is 26.8 Å². The number of fused-ring (bicyclic) bond motifs is 3. The van der Waals surface area contributed by atoms with Gasteiger partial charge in [0, 0.05) is 18.0 Å². The van der Waals surface area contributed by atoms with E-state index in [9.17, 15) is 0 Å². The van der Waals surface area contributed by atoms with Gasteiger partial charge in [-0.25, -0.2) is 4.68 Å². The minimum Gasteiger partial charge on any atom is -0.497 e. The zero-order valence-electron chi connectivity index (χ0n) is 17.0. The number of ether oxygens (including phenoxy) is 2. The predicted octanol–water partition coefficient (Wildman–Crippen LogP) is 4.43. The molecule has 6 nitrogen and oxygen atoms in total. The molecule has 150 valence electrons. The summed E-state index contributed by atoms with van der Waals surface area (Å²) < 4.78 is 15.3. The Bertz CT molecular complexity index is 1250. The summed E-state index contributed by atoms with van der Waals surface area (Å²) in [6.07, 6.45) is 0. The van der Waals surface area contributed by atoms with Crippen LogP contribution in [0.5, 0.6) is 11.5 Å². The van der Waals surface area contributed by atoms with Gasteiger partial charge in [-0.1, -0.05) is 12.1 Å². The third-order valence-electron chi connectivity index (χ3n) is 5.04. The van der Waals surface area contributed by atoms with Crippen molar-refractivity contribution in [3.05, 3.63) is 64.4 Å². The first-order valence-corrected chi connectivity index (χ1v) is 9.79. The first-order chi connectivity index (χ1) is 14.0. The van der Waals surface area contributed by atoms with Crippen molar-refractivity contribution in [2.24, 2.45) is 0 Å². The number of aryl methyl sites for hydroxylation is 1. The van der Waals surface area contributed by atoms with Gasteiger partial charge in [0.15, 0.2) is 5.65 Å². The van der Waals surface area contributed by atoms with E-state index in [2.05, 4.69) is 37.1 Å². The molecule has 0 spiro atoms. The molecule has 0 aliphatic rings. The highest BCUT2D eigenvalue weighted by molar-refractivity contribution is 7.71. The summed E-state index contributed by atoms with van der Waals surface area (Å²) in [7, 11) is 5.40. The lowest BCUT2D eigenvalue weighted by atomic mass is 10.1. The third kappa shape index (κ3) is 3.71. The topological polar surface area (TPSA) is 43.9 Å². The normalized spacial score (nSPS) is 11.5. The maximum absolute atomic E-state index is 5.78. The molecule has 2 heterocycles. The van der Waals surface area contributed by atoms with Crippen LogP contribution in [0, 0.1) is 11.7 Å². The van der Waals surface area contributed by atoms with E-state index in [-0.39, 0.29) is 0 Å². The van der Waals surface area contributed by atoms with Crippen molar-refractivity contribution in [2.75, 3.05) is 21.3 Å². The molecule has 4 rings (SSSR count). The fraction of sp³-hybridized carbons (Fsp3) is 0.273. The van der Waals surface area contributed by atoms with Gasteiger partial charge in [0.25, 0.3) is 0 Å². The Kier molecular flexibility index (Phi) is 5.25. The summed E-state index contributed by atoms with van der Waals surface area (Å²) in [5.41, 5.74) is 4.18. The molecule has 0 aliphatic heterocycles. The lowest BCUT2D eigenvalue weighted by Crippen LogP contribution is -2.22. The summed E-state index contributed by atoms with van der Waals surface area (Å²) in [4.78, 5) is 2.17. The van der Waals surface area contributed by atoms with Gasteiger partial charge in [0.2, 0.25) is 4.77 Å². The van der Waals surface area contributed by atoms with Crippen LogP contribution in [-0.4, -0.2) is 40.3 Å². The highest BCUT2D eigenvalue weighted by atomic mass is 32.1. The van der Waals surface area contributed by atoms with Gasteiger partial charge in [-0.15, -0.1) is 0 Å². The van der Waals surface area contributed by atoms with Crippen molar-refractivity contribution in [1.29, 1.82) is 0 Å². The van der Waals surface area contributed by atoms with E-state index < -0.39 is 0 Å². The van der Waals surface area contributed by atoms with Crippen molar-refractivity contribution in [2.45, 2.75) is 20.1 Å². The molecule has 0 N–H and O–H groups in total. The van der Waals surface area contributed by atoms with Gasteiger partial charge in [-0.3, -0.25) is 9.30 Å². The van der Waals surface area contributed by atoms with E-state index in [1.165, 1.54) is 5.56 Å². The molecule has 0 saturated carbocycles. The molecular weight excluding hydrogens is 384 g/mol. The summed E-state index contributed by atoms with van der Waals surface area (Å²) in [6.45, 7) is 3.44. The maximum atomic E-state index is 5.78. The Labute approximate surface area is 174 Å². The Morgan fingerprint density at radius 2 is 1.79 bits per heavy atom. The van der Waals surface area contributed by atoms with Gasteiger partial charge >= 0.3 is 0 Å². The molecule has 0 atom stereocenters. The summed E-state index contributed by atoms with van der Waals surface area (Å²) in [5.74, 6) is 1.66. The van der Waals surface area contributed by atoms with Gasteiger partial charge in [-0.05, 0) is 67.6 Å². The number of benzene rings is 2. The lowest BCUT2D eigenvalue weighted by molar-refractivity contribution is 0.244. The standard InChI is InChI=1S/C22H24N4O2S/c1-15-10-21-23-25(14-24(2)13-16-6-5-7-17(11-16)27-3)22(29)26(21)20-12-18(28-4)8-9-19(15)20/h5-12H,13-14H2,1-4H3. The smallest absolute Gasteiger partial charge is 0.204 e. The quantitative estimate of drug-likeness (QED) is 0.442. The number of rotatable bonds is 6. The maximum Gasteiger partial charge on any atom is 0.204 e. The second kappa shape index (κ2) is 7.85. The molecule has 0 aliphatic carbocycles. The van der Waals surface area contributed by atoms with E-state index >= 15 is 0 Å². The van der Waals surface area contributed by atoms with E-state index in [0.29, 0.717) is 11.4 Å². The highest BCUT2D eigenvalue weighted by Crippen LogP contribution is 2.25. The molecule has 4 aromatic rings. The van der Waals surface area contributed by atoms with E-state index in [1.54, 1.807) is 14.2 Å². The van der Waals surface area contributed by atoms with Crippen LogP contribution in [0.1, 0.15) is 11.1 Å². The molecular formula is C22H24N4O2S. The Morgan fingerprint density at radius 3 is 2.55 bits per heavy atom. The SMILES string of the molecule is COc1cccc(CN(C)Cn2nc3cc(C)c4ccc(OC)cc4n3c2=S)c1. The number of methoxy groups -OCH3 is 2. The lowest BCUT2D eigenvalue weighted by Gasteiger charge is -2.16. The van der Waals surface area contributed by atoms with Crippen molar-refractivity contribution < 1.29 is 9.47 Å². The van der Waals surface area contributed by atoms with Crippen molar-refractivity contribution in [3.8, 4) is 11.5 Å². The first-order valence-electron chi connectivity index (χ1n) is 9.38. The van der Waals surface area contributed by atoms with Gasteiger partial charge in [-0.2, -0.15) is 5.10 Å². The number of aromatic nitrogens is 3. The zero-order valence-corrected chi connectivity index (χ0v) is 17.9. The fourth-order valence-corrected chi connectivity index (χ4v) is 3.92. The molecule has 0 radical (unpaired) electrons. The van der Waals surface area contributed by atoms with Crippen LogP contribution in [0.2, 0.25) is 0 Å². The summed E-state index contributed by atoms with van der Waals surface area (Å²) in [6, 6.07) is 16.2. The third-order valence-corrected chi connectivity index (χ3v) is 5.44. The number of pyridine rings is 1. The van der Waals surface area contributed by atoms with Crippen LogP contribution >= 0.6 is 12.2 Å². The number of nitrogens with zero attached hydrogens (tertiary/aromatic N) is 4. The monoisotopic (exact) mass is 408 g/mol. The van der Waals surface area contributed by atoms with Crippen molar-refractivity contribution >= 4 is 28.8 Å². The summed E-state index contributed by atoms with van der Waals surface area (Å²) in [5, 5.41) is 5.90. The van der Waals surface area contributed by atoms with E-state index in [1.807, 2.05) is 39.4 Å². The molecule has 0 amide bonds. The number of hydrogen-bond acceptors (Lipinski definition) is 5. The molecule has 2 aromatic carbocycles. The average Bonchev–Trinajstić information content (AvgIpc) is 3.02. The van der Waals surface area contributed by atoms with Gasteiger partial charge < -0.3 is 9.47 Å². The minimum atomic E-state index is 0.586. The van der Waals surface area contributed by atoms with E-state index in [0.717, 1.165) is 40.2 Å². The molecule has 29 heavy (non-hydrogen) atoms. The Balaban J connectivity index is 1.70. The highest BCUT2D eigenvalue weighted by Gasteiger charge is 2.12. The number of hydrogen-bond donors (Lipinski definition) is 0. The van der Waals surface area contributed by atoms with Crippen LogP contribution < -0.4 is 9.47 Å². The minimum absolute atomic E-state index is 0.586. The van der Waals surface area contributed by atoms with Gasteiger partial charge in [0.05, 0.1) is 26.4 Å². The molecule has 0 saturated heterocycles. The molecule has 0 fully saturated rings. The van der Waals surface area contributed by atoms with Crippen LogP contribution in [0.3, 0.4) is 0 Å². The first kappa shape index (κ1) is 19.4. The second-order valence-electron chi connectivity index (χ2n) is 7.19. The Hall–Kier alpha value is -2.90. The molecule has 2 aromatic heterocycles. The molecule has 0 bridgehead atoms. The van der Waals surface area contributed by atoms with Crippen LogP contribution in [0.4, 0.5) is 0 Å². The van der Waals surface area contributed by atoms with Crippen LogP contribution in [0.15, 0.2) is 48.5 Å².